The number of benzene rings is 1. The third-order valence-corrected chi connectivity index (χ3v) is 5.93. The minimum atomic E-state index is 0.173. The lowest BCUT2D eigenvalue weighted by molar-refractivity contribution is -0.136. The molecule has 0 unspecified atom stereocenters. The molecule has 0 bridgehead atoms. The highest BCUT2D eigenvalue weighted by molar-refractivity contribution is 5.81. The van der Waals surface area contributed by atoms with E-state index in [2.05, 4.69) is 43.5 Å². The zero-order chi connectivity index (χ0) is 21.3. The second-order valence-electron chi connectivity index (χ2n) is 8.02. The van der Waals surface area contributed by atoms with E-state index < -0.39 is 0 Å². The van der Waals surface area contributed by atoms with Crippen molar-refractivity contribution in [2.75, 3.05) is 26.2 Å². The van der Waals surface area contributed by atoms with Crippen molar-refractivity contribution in [1.29, 1.82) is 0 Å². The molecule has 1 aliphatic rings. The Bertz CT molecular complexity index is 800. The standard InChI is InChI=1S/C24H36N4O2/c1-4-18(5-2)23(29)28-15-12-20(13-16-28)27-24(25-6-3)26-14-11-21-17-19-9-7-8-10-22(19)30-21/h7-10,17-18,20H,4-6,11-16H2,1-3H3,(H2,25,26,27). The number of nitrogens with zero attached hydrogens (tertiary/aromatic N) is 2. The van der Waals surface area contributed by atoms with E-state index in [0.29, 0.717) is 18.5 Å². The molecule has 0 radical (unpaired) electrons. The summed E-state index contributed by atoms with van der Waals surface area (Å²) in [6, 6.07) is 10.5. The summed E-state index contributed by atoms with van der Waals surface area (Å²) in [6.45, 7) is 9.42. The zero-order valence-electron chi connectivity index (χ0n) is 18.6. The quantitative estimate of drug-likeness (QED) is 0.509. The van der Waals surface area contributed by atoms with Crippen molar-refractivity contribution in [2.45, 2.75) is 58.9 Å². The van der Waals surface area contributed by atoms with Crippen LogP contribution in [0.3, 0.4) is 0 Å². The summed E-state index contributed by atoms with van der Waals surface area (Å²) in [5, 5.41) is 8.03. The predicted molar refractivity (Wildman–Crippen MR) is 123 cm³/mol. The average molecular weight is 413 g/mol. The second kappa shape index (κ2) is 11.0. The number of likely N-dealkylation sites (tertiary alicyclic amines) is 1. The molecule has 1 saturated heterocycles. The summed E-state index contributed by atoms with van der Waals surface area (Å²) in [7, 11) is 0. The number of para-hydroxylation sites is 1. The predicted octanol–water partition coefficient (Wildman–Crippen LogP) is 3.96. The van der Waals surface area contributed by atoms with Crippen LogP contribution >= 0.6 is 0 Å². The molecule has 1 fully saturated rings. The SMILES string of the molecule is CCNC(=NCCc1cc2ccccc2o1)NC1CCN(C(=O)C(CC)CC)CC1. The van der Waals surface area contributed by atoms with Gasteiger partial charge in [-0.15, -0.1) is 0 Å². The summed E-state index contributed by atoms with van der Waals surface area (Å²) >= 11 is 0. The first-order valence-corrected chi connectivity index (χ1v) is 11.5. The number of amides is 1. The lowest BCUT2D eigenvalue weighted by atomic mass is 9.98. The smallest absolute Gasteiger partial charge is 0.225 e. The molecular weight excluding hydrogens is 376 g/mol. The molecule has 0 aliphatic carbocycles. The van der Waals surface area contributed by atoms with Crippen LogP contribution in [-0.4, -0.2) is 49.0 Å². The molecule has 2 aromatic rings. The molecule has 1 amide bonds. The number of guanidine groups is 1. The molecule has 30 heavy (non-hydrogen) atoms. The Labute approximate surface area is 180 Å². The van der Waals surface area contributed by atoms with E-state index in [1.165, 1.54) is 0 Å². The van der Waals surface area contributed by atoms with Crippen LogP contribution in [-0.2, 0) is 11.2 Å². The molecule has 3 rings (SSSR count). The van der Waals surface area contributed by atoms with Crippen molar-refractivity contribution in [3.05, 3.63) is 36.1 Å². The summed E-state index contributed by atoms with van der Waals surface area (Å²) in [5.74, 6) is 2.30. The summed E-state index contributed by atoms with van der Waals surface area (Å²) in [5.41, 5.74) is 0.927. The minimum Gasteiger partial charge on any atom is -0.461 e. The van der Waals surface area contributed by atoms with Crippen LogP contribution in [0.2, 0.25) is 0 Å². The van der Waals surface area contributed by atoms with E-state index in [1.807, 2.05) is 23.1 Å². The summed E-state index contributed by atoms with van der Waals surface area (Å²) in [6.07, 6.45) is 4.54. The fourth-order valence-electron chi connectivity index (χ4n) is 4.09. The van der Waals surface area contributed by atoms with Gasteiger partial charge in [0.15, 0.2) is 5.96 Å². The largest absolute Gasteiger partial charge is 0.461 e. The number of furan rings is 1. The first kappa shape index (κ1) is 22.2. The summed E-state index contributed by atoms with van der Waals surface area (Å²) < 4.78 is 5.88. The number of carbonyl (C=O) groups is 1. The van der Waals surface area contributed by atoms with Gasteiger partial charge < -0.3 is 20.0 Å². The Morgan fingerprint density at radius 1 is 1.20 bits per heavy atom. The van der Waals surface area contributed by atoms with Gasteiger partial charge in [0.1, 0.15) is 11.3 Å². The van der Waals surface area contributed by atoms with Gasteiger partial charge in [-0.05, 0) is 44.7 Å². The molecule has 6 nitrogen and oxygen atoms in total. The van der Waals surface area contributed by atoms with E-state index in [0.717, 1.165) is 74.4 Å². The normalized spacial score (nSPS) is 15.7. The van der Waals surface area contributed by atoms with Crippen molar-refractivity contribution < 1.29 is 9.21 Å². The number of hydrogen-bond acceptors (Lipinski definition) is 3. The van der Waals surface area contributed by atoms with Gasteiger partial charge in [-0.1, -0.05) is 32.0 Å². The van der Waals surface area contributed by atoms with Gasteiger partial charge >= 0.3 is 0 Å². The molecule has 1 aromatic carbocycles. The Morgan fingerprint density at radius 2 is 1.93 bits per heavy atom. The van der Waals surface area contributed by atoms with E-state index in [-0.39, 0.29) is 5.92 Å². The minimum absolute atomic E-state index is 0.173. The molecule has 1 aliphatic heterocycles. The van der Waals surface area contributed by atoms with Crippen LogP contribution in [0.1, 0.15) is 52.2 Å². The Kier molecular flexibility index (Phi) is 8.17. The highest BCUT2D eigenvalue weighted by Crippen LogP contribution is 2.19. The first-order chi connectivity index (χ1) is 14.6. The van der Waals surface area contributed by atoms with Crippen LogP contribution in [0.25, 0.3) is 11.0 Å². The summed E-state index contributed by atoms with van der Waals surface area (Å²) in [4.78, 5) is 19.4. The molecule has 2 N–H and O–H groups in total. The third-order valence-electron chi connectivity index (χ3n) is 5.93. The van der Waals surface area contributed by atoms with Crippen LogP contribution in [0, 0.1) is 5.92 Å². The van der Waals surface area contributed by atoms with Crippen molar-refractivity contribution >= 4 is 22.8 Å². The second-order valence-corrected chi connectivity index (χ2v) is 8.02. The Balaban J connectivity index is 1.49. The van der Waals surface area contributed by atoms with Gasteiger partial charge in [0.2, 0.25) is 5.91 Å². The van der Waals surface area contributed by atoms with Gasteiger partial charge in [-0.3, -0.25) is 9.79 Å². The van der Waals surface area contributed by atoms with Crippen LogP contribution in [0.4, 0.5) is 0 Å². The van der Waals surface area contributed by atoms with Gasteiger partial charge in [0.05, 0.1) is 0 Å². The zero-order valence-corrected chi connectivity index (χ0v) is 18.6. The molecule has 0 saturated carbocycles. The molecular formula is C24H36N4O2. The van der Waals surface area contributed by atoms with Crippen molar-refractivity contribution in [1.82, 2.24) is 15.5 Å². The van der Waals surface area contributed by atoms with Gasteiger partial charge in [-0.25, -0.2) is 0 Å². The number of aliphatic imine (C=N–C) groups is 1. The number of hydrogen-bond donors (Lipinski definition) is 2. The number of carbonyl (C=O) groups excluding carboxylic acids is 1. The van der Waals surface area contributed by atoms with Crippen LogP contribution in [0.15, 0.2) is 39.7 Å². The maximum absolute atomic E-state index is 12.6. The molecule has 0 spiro atoms. The number of rotatable bonds is 8. The number of nitrogens with one attached hydrogen (secondary N) is 2. The van der Waals surface area contributed by atoms with Gasteiger partial charge in [0, 0.05) is 49.9 Å². The maximum atomic E-state index is 12.6. The van der Waals surface area contributed by atoms with Gasteiger partial charge in [-0.2, -0.15) is 0 Å². The van der Waals surface area contributed by atoms with Crippen molar-refractivity contribution in [3.8, 4) is 0 Å². The van der Waals surface area contributed by atoms with E-state index in [1.54, 1.807) is 0 Å². The monoisotopic (exact) mass is 412 g/mol. The highest BCUT2D eigenvalue weighted by Gasteiger charge is 2.26. The fourth-order valence-corrected chi connectivity index (χ4v) is 4.09. The van der Waals surface area contributed by atoms with Gasteiger partial charge in [0.25, 0.3) is 0 Å². The number of fused-ring (bicyclic) bond motifs is 1. The molecule has 1 aromatic heterocycles. The lowest BCUT2D eigenvalue weighted by Crippen LogP contribution is -2.50. The maximum Gasteiger partial charge on any atom is 0.225 e. The highest BCUT2D eigenvalue weighted by atomic mass is 16.3. The first-order valence-electron chi connectivity index (χ1n) is 11.5. The molecule has 0 atom stereocenters. The van der Waals surface area contributed by atoms with Crippen LogP contribution in [0.5, 0.6) is 0 Å². The van der Waals surface area contributed by atoms with Crippen molar-refractivity contribution in [3.63, 3.8) is 0 Å². The molecule has 2 heterocycles. The van der Waals surface area contributed by atoms with E-state index in [4.69, 9.17) is 9.41 Å². The van der Waals surface area contributed by atoms with E-state index >= 15 is 0 Å². The Morgan fingerprint density at radius 3 is 2.60 bits per heavy atom. The topological polar surface area (TPSA) is 69.9 Å². The third kappa shape index (κ3) is 5.77. The number of piperidine rings is 1. The van der Waals surface area contributed by atoms with E-state index in [9.17, 15) is 4.79 Å². The van der Waals surface area contributed by atoms with Crippen molar-refractivity contribution in [2.24, 2.45) is 10.9 Å². The average Bonchev–Trinajstić information content (AvgIpc) is 3.18. The molecule has 164 valence electrons. The lowest BCUT2D eigenvalue weighted by Gasteiger charge is -2.34. The molecule has 6 heteroatoms. The fraction of sp³-hybridized carbons (Fsp3) is 0.583. The van der Waals surface area contributed by atoms with Crippen LogP contribution < -0.4 is 10.6 Å². The Hall–Kier alpha value is -2.50.